The lowest BCUT2D eigenvalue weighted by Crippen LogP contribution is -2.02. The molecule has 7 aromatic carbocycles. The van der Waals surface area contributed by atoms with Crippen molar-refractivity contribution in [3.8, 4) is 56.7 Å². The molecule has 0 aliphatic carbocycles. The van der Waals surface area contributed by atoms with E-state index in [9.17, 15) is 0 Å². The summed E-state index contributed by atoms with van der Waals surface area (Å²) in [6.45, 7) is 0. The maximum absolute atomic E-state index is 6.09. The summed E-state index contributed by atoms with van der Waals surface area (Å²) in [5.74, 6) is 2.48. The van der Waals surface area contributed by atoms with E-state index in [1.165, 1.54) is 5.39 Å². The third-order valence-electron chi connectivity index (χ3n) is 8.57. The minimum atomic E-state index is 0.596. The second kappa shape index (κ2) is 11.2. The molecule has 2 aromatic heterocycles. The molecule has 0 aliphatic heterocycles. The van der Waals surface area contributed by atoms with Crippen molar-refractivity contribution in [3.63, 3.8) is 0 Å². The first kappa shape index (κ1) is 26.9. The van der Waals surface area contributed by atoms with Gasteiger partial charge in [-0.3, -0.25) is 0 Å². The summed E-state index contributed by atoms with van der Waals surface area (Å²) in [5, 5.41) is 4.52. The minimum absolute atomic E-state index is 0.596. The zero-order valence-corrected chi connectivity index (χ0v) is 25.2. The molecule has 0 aliphatic rings. The predicted molar refractivity (Wildman–Crippen MR) is 190 cm³/mol. The van der Waals surface area contributed by atoms with Gasteiger partial charge in [-0.15, -0.1) is 0 Å². The van der Waals surface area contributed by atoms with Gasteiger partial charge < -0.3 is 4.42 Å². The molecule has 0 bridgehead atoms. The van der Waals surface area contributed by atoms with Crippen LogP contribution in [-0.2, 0) is 0 Å². The van der Waals surface area contributed by atoms with Crippen LogP contribution in [0.4, 0.5) is 0 Å². The van der Waals surface area contributed by atoms with Gasteiger partial charge in [0.2, 0.25) is 5.89 Å². The summed E-state index contributed by atoms with van der Waals surface area (Å²) in [6, 6.07) is 53.6. The molecular formula is C42H26N4O. The van der Waals surface area contributed by atoms with Crippen molar-refractivity contribution in [2.75, 3.05) is 0 Å². The van der Waals surface area contributed by atoms with Gasteiger partial charge in [0.05, 0.1) is 0 Å². The van der Waals surface area contributed by atoms with Crippen molar-refractivity contribution in [2.45, 2.75) is 0 Å². The Morgan fingerprint density at radius 3 is 1.38 bits per heavy atom. The SMILES string of the molecule is c1ccc(-c2nc(-c3ccccc3)nc(-c3c(-c4ccc(-c5nc6ccccc6o5)cc4)c4ccccc4c4ccccc34)n2)cc1. The number of fused-ring (bicyclic) bond motifs is 4. The van der Waals surface area contributed by atoms with Crippen molar-refractivity contribution < 1.29 is 4.42 Å². The molecule has 0 saturated carbocycles. The summed E-state index contributed by atoms with van der Waals surface area (Å²) in [7, 11) is 0. The van der Waals surface area contributed by atoms with Crippen LogP contribution in [0.25, 0.3) is 89.4 Å². The largest absolute Gasteiger partial charge is 0.436 e. The number of hydrogen-bond donors (Lipinski definition) is 0. The zero-order valence-electron chi connectivity index (χ0n) is 25.2. The molecule has 0 unspecified atom stereocenters. The molecule has 9 rings (SSSR count). The summed E-state index contributed by atoms with van der Waals surface area (Å²) in [5.41, 5.74) is 7.46. The van der Waals surface area contributed by atoms with E-state index < -0.39 is 0 Å². The van der Waals surface area contributed by atoms with E-state index in [0.29, 0.717) is 23.4 Å². The first-order chi connectivity index (χ1) is 23.3. The smallest absolute Gasteiger partial charge is 0.227 e. The lowest BCUT2D eigenvalue weighted by Gasteiger charge is -2.18. The van der Waals surface area contributed by atoms with Crippen molar-refractivity contribution >= 4 is 32.6 Å². The van der Waals surface area contributed by atoms with E-state index in [0.717, 1.165) is 60.6 Å². The van der Waals surface area contributed by atoms with Gasteiger partial charge in [0.1, 0.15) is 5.52 Å². The van der Waals surface area contributed by atoms with Crippen molar-refractivity contribution in [3.05, 3.63) is 158 Å². The van der Waals surface area contributed by atoms with Crippen LogP contribution in [-0.4, -0.2) is 19.9 Å². The summed E-state index contributed by atoms with van der Waals surface area (Å²) in [4.78, 5) is 20.1. The molecule has 0 spiro atoms. The fourth-order valence-electron chi connectivity index (χ4n) is 6.37. The Hall–Kier alpha value is -6.46. The van der Waals surface area contributed by atoms with E-state index in [4.69, 9.17) is 24.4 Å². The van der Waals surface area contributed by atoms with E-state index in [-0.39, 0.29) is 0 Å². The predicted octanol–water partition coefficient (Wildman–Crippen LogP) is 10.7. The van der Waals surface area contributed by atoms with Gasteiger partial charge in [0.25, 0.3) is 0 Å². The Bertz CT molecular complexity index is 2470. The van der Waals surface area contributed by atoms with E-state index >= 15 is 0 Å². The number of benzene rings is 7. The van der Waals surface area contributed by atoms with Crippen LogP contribution >= 0.6 is 0 Å². The number of oxazole rings is 1. The summed E-state index contributed by atoms with van der Waals surface area (Å²) < 4.78 is 6.09. The number of nitrogens with zero attached hydrogens (tertiary/aromatic N) is 4. The quantitative estimate of drug-likeness (QED) is 0.183. The molecule has 0 fully saturated rings. The lowest BCUT2D eigenvalue weighted by atomic mass is 9.87. The monoisotopic (exact) mass is 602 g/mol. The van der Waals surface area contributed by atoms with Crippen LogP contribution in [0, 0.1) is 0 Å². The maximum atomic E-state index is 6.09. The molecule has 0 saturated heterocycles. The third kappa shape index (κ3) is 4.73. The molecular weight excluding hydrogens is 576 g/mol. The average molecular weight is 603 g/mol. The van der Waals surface area contributed by atoms with Gasteiger partial charge in [-0.1, -0.05) is 133 Å². The second-order valence-electron chi connectivity index (χ2n) is 11.4. The lowest BCUT2D eigenvalue weighted by molar-refractivity contribution is 0.620. The van der Waals surface area contributed by atoms with Gasteiger partial charge in [-0.25, -0.2) is 19.9 Å². The molecule has 5 heteroatoms. The van der Waals surface area contributed by atoms with Crippen molar-refractivity contribution in [1.29, 1.82) is 0 Å². The highest BCUT2D eigenvalue weighted by Gasteiger charge is 2.22. The third-order valence-corrected chi connectivity index (χ3v) is 8.57. The Morgan fingerprint density at radius 1 is 0.319 bits per heavy atom. The van der Waals surface area contributed by atoms with Gasteiger partial charge in [0, 0.05) is 27.8 Å². The fourth-order valence-corrected chi connectivity index (χ4v) is 6.37. The molecule has 220 valence electrons. The van der Waals surface area contributed by atoms with Crippen LogP contribution in [0.2, 0.25) is 0 Å². The minimum Gasteiger partial charge on any atom is -0.436 e. The van der Waals surface area contributed by atoms with Gasteiger partial charge in [0.15, 0.2) is 23.1 Å². The maximum Gasteiger partial charge on any atom is 0.227 e. The van der Waals surface area contributed by atoms with Crippen molar-refractivity contribution in [2.24, 2.45) is 0 Å². The number of hydrogen-bond acceptors (Lipinski definition) is 5. The first-order valence-corrected chi connectivity index (χ1v) is 15.6. The number of rotatable bonds is 5. The fraction of sp³-hybridized carbons (Fsp3) is 0. The molecule has 0 atom stereocenters. The number of aromatic nitrogens is 4. The molecule has 2 heterocycles. The Labute approximate surface area is 270 Å². The first-order valence-electron chi connectivity index (χ1n) is 15.6. The topological polar surface area (TPSA) is 64.7 Å². The van der Waals surface area contributed by atoms with Crippen LogP contribution in [0.15, 0.2) is 162 Å². The number of para-hydroxylation sites is 2. The highest BCUT2D eigenvalue weighted by atomic mass is 16.3. The van der Waals surface area contributed by atoms with E-state index in [2.05, 4.69) is 72.8 Å². The van der Waals surface area contributed by atoms with Crippen molar-refractivity contribution in [1.82, 2.24) is 19.9 Å². The second-order valence-corrected chi connectivity index (χ2v) is 11.4. The van der Waals surface area contributed by atoms with Crippen LogP contribution in [0.1, 0.15) is 0 Å². The van der Waals surface area contributed by atoms with Crippen LogP contribution in [0.3, 0.4) is 0 Å². The summed E-state index contributed by atoms with van der Waals surface area (Å²) >= 11 is 0. The molecule has 0 N–H and O–H groups in total. The van der Waals surface area contributed by atoms with E-state index in [1.807, 2.05) is 84.9 Å². The normalized spacial score (nSPS) is 11.4. The molecule has 9 aromatic rings. The highest BCUT2D eigenvalue weighted by Crippen LogP contribution is 2.44. The van der Waals surface area contributed by atoms with Gasteiger partial charge >= 0.3 is 0 Å². The Morgan fingerprint density at radius 2 is 0.787 bits per heavy atom. The van der Waals surface area contributed by atoms with E-state index in [1.54, 1.807) is 0 Å². The highest BCUT2D eigenvalue weighted by molar-refractivity contribution is 6.21. The average Bonchev–Trinajstić information content (AvgIpc) is 3.59. The molecule has 5 nitrogen and oxygen atoms in total. The zero-order chi connectivity index (χ0) is 31.2. The molecule has 47 heavy (non-hydrogen) atoms. The van der Waals surface area contributed by atoms with Gasteiger partial charge in [-0.05, 0) is 51.4 Å². The van der Waals surface area contributed by atoms with Gasteiger partial charge in [-0.2, -0.15) is 0 Å². The van der Waals surface area contributed by atoms with Crippen LogP contribution < -0.4 is 0 Å². The van der Waals surface area contributed by atoms with Crippen LogP contribution in [0.5, 0.6) is 0 Å². The summed E-state index contributed by atoms with van der Waals surface area (Å²) in [6.07, 6.45) is 0. The Balaban J connectivity index is 1.33. The molecule has 0 amide bonds. The Kier molecular flexibility index (Phi) is 6.39. The molecule has 0 radical (unpaired) electrons. The standard InChI is InChI=1S/C42H26N4O/c1-3-13-28(14-4-1)39-44-40(29-15-5-2-6-16-29)46-41(45-39)38-34-20-10-8-18-32(34)31-17-7-9-19-33(31)37(38)27-23-25-30(26-24-27)42-43-35-21-11-12-22-36(35)47-42/h1-26H.